The molecule has 0 radical (unpaired) electrons. The predicted molar refractivity (Wildman–Crippen MR) is 80.7 cm³/mol. The van der Waals surface area contributed by atoms with Crippen LogP contribution in [-0.4, -0.2) is 49.6 Å². The number of amides is 1. The molecule has 2 heterocycles. The summed E-state index contributed by atoms with van der Waals surface area (Å²) in [4.78, 5) is 14.4. The van der Waals surface area contributed by atoms with Gasteiger partial charge in [-0.3, -0.25) is 9.69 Å². The summed E-state index contributed by atoms with van der Waals surface area (Å²) in [6.45, 7) is 9.41. The van der Waals surface area contributed by atoms with Crippen molar-refractivity contribution in [3.05, 3.63) is 0 Å². The fourth-order valence-corrected chi connectivity index (χ4v) is 3.23. The first-order valence-electron chi connectivity index (χ1n) is 7.39. The molecule has 112 valence electrons. The van der Waals surface area contributed by atoms with Gasteiger partial charge >= 0.3 is 0 Å². The minimum atomic E-state index is 0. The van der Waals surface area contributed by atoms with Crippen LogP contribution in [0.15, 0.2) is 0 Å². The van der Waals surface area contributed by atoms with Crippen molar-refractivity contribution < 1.29 is 4.79 Å². The van der Waals surface area contributed by atoms with Gasteiger partial charge in [-0.2, -0.15) is 0 Å². The van der Waals surface area contributed by atoms with Crippen LogP contribution < -0.4 is 10.6 Å². The van der Waals surface area contributed by atoms with Gasteiger partial charge < -0.3 is 10.6 Å². The zero-order valence-corrected chi connectivity index (χ0v) is 13.0. The fraction of sp³-hybridized carbons (Fsp3) is 0.929. The molecule has 4 nitrogen and oxygen atoms in total. The van der Waals surface area contributed by atoms with Crippen molar-refractivity contribution >= 4 is 18.3 Å². The topological polar surface area (TPSA) is 44.4 Å². The molecule has 0 saturated carbocycles. The van der Waals surface area contributed by atoms with Crippen molar-refractivity contribution in [2.24, 2.45) is 5.41 Å². The summed E-state index contributed by atoms with van der Waals surface area (Å²) in [7, 11) is 0. The minimum absolute atomic E-state index is 0. The summed E-state index contributed by atoms with van der Waals surface area (Å²) in [6, 6.07) is 0.0332. The number of halogens is 1. The van der Waals surface area contributed by atoms with Crippen LogP contribution in [0.1, 0.15) is 39.5 Å². The number of hydrogen-bond donors (Lipinski definition) is 2. The number of carbonyl (C=O) groups excluding carboxylic acids is 1. The number of nitrogens with one attached hydrogen (secondary N) is 2. The molecule has 2 saturated heterocycles. The highest BCUT2D eigenvalue weighted by molar-refractivity contribution is 5.85. The number of rotatable bonds is 4. The van der Waals surface area contributed by atoms with Crippen LogP contribution in [0.25, 0.3) is 0 Å². The van der Waals surface area contributed by atoms with E-state index in [9.17, 15) is 4.79 Å². The number of likely N-dealkylation sites (tertiary alicyclic amines) is 1. The standard InChI is InChI=1S/C14H27N3O.ClH/c1-3-7-16-13(18)12(2)17-10-6-14(11-17)4-8-15-9-5-14;/h12,15H,3-11H2,1-2H3,(H,16,18);1H. The number of nitrogens with zero attached hydrogens (tertiary/aromatic N) is 1. The Hall–Kier alpha value is -0.320. The Morgan fingerprint density at radius 2 is 2.05 bits per heavy atom. The van der Waals surface area contributed by atoms with Gasteiger partial charge in [0.15, 0.2) is 0 Å². The molecule has 5 heteroatoms. The summed E-state index contributed by atoms with van der Waals surface area (Å²) < 4.78 is 0. The predicted octanol–water partition coefficient (Wildman–Crippen LogP) is 1.40. The van der Waals surface area contributed by atoms with E-state index in [1.165, 1.54) is 19.3 Å². The molecule has 2 aliphatic rings. The number of hydrogen-bond acceptors (Lipinski definition) is 3. The van der Waals surface area contributed by atoms with Crippen LogP contribution in [0.5, 0.6) is 0 Å². The summed E-state index contributed by atoms with van der Waals surface area (Å²) in [6.07, 6.45) is 4.81. The highest BCUT2D eigenvalue weighted by atomic mass is 35.5. The second kappa shape index (κ2) is 7.46. The first kappa shape index (κ1) is 16.7. The lowest BCUT2D eigenvalue weighted by Crippen LogP contribution is -2.46. The SMILES string of the molecule is CCCNC(=O)C(C)N1CCC2(CCNCC2)C1.Cl. The van der Waals surface area contributed by atoms with Gasteiger partial charge in [-0.1, -0.05) is 6.92 Å². The van der Waals surface area contributed by atoms with E-state index >= 15 is 0 Å². The molecule has 2 N–H and O–H groups in total. The molecule has 0 aromatic carbocycles. The monoisotopic (exact) mass is 289 g/mol. The molecular formula is C14H28ClN3O. The van der Waals surface area contributed by atoms with Crippen LogP contribution in [0.4, 0.5) is 0 Å². The van der Waals surface area contributed by atoms with Crippen LogP contribution in [-0.2, 0) is 4.79 Å². The zero-order valence-electron chi connectivity index (χ0n) is 12.2. The largest absolute Gasteiger partial charge is 0.355 e. The molecule has 1 amide bonds. The van der Waals surface area contributed by atoms with Gasteiger partial charge in [0, 0.05) is 13.1 Å². The van der Waals surface area contributed by atoms with Crippen molar-refractivity contribution in [3.8, 4) is 0 Å². The Bertz CT molecular complexity index is 292. The Balaban J connectivity index is 0.00000180. The van der Waals surface area contributed by atoms with Crippen LogP contribution in [0, 0.1) is 5.41 Å². The Kier molecular flexibility index (Phi) is 6.57. The highest BCUT2D eigenvalue weighted by Crippen LogP contribution is 2.39. The quantitative estimate of drug-likeness (QED) is 0.822. The Morgan fingerprint density at radius 3 is 2.68 bits per heavy atom. The smallest absolute Gasteiger partial charge is 0.237 e. The molecule has 2 aliphatic heterocycles. The molecule has 1 unspecified atom stereocenters. The van der Waals surface area contributed by atoms with E-state index in [0.717, 1.165) is 39.1 Å². The molecule has 0 aromatic heterocycles. The first-order chi connectivity index (χ1) is 8.67. The van der Waals surface area contributed by atoms with Crippen LogP contribution >= 0.6 is 12.4 Å². The molecule has 19 heavy (non-hydrogen) atoms. The minimum Gasteiger partial charge on any atom is -0.355 e. The van der Waals surface area contributed by atoms with E-state index in [0.29, 0.717) is 5.41 Å². The average Bonchev–Trinajstić information content (AvgIpc) is 2.79. The van der Waals surface area contributed by atoms with Gasteiger partial charge in [0.25, 0.3) is 0 Å². The zero-order chi connectivity index (χ0) is 13.0. The van der Waals surface area contributed by atoms with E-state index in [4.69, 9.17) is 0 Å². The van der Waals surface area contributed by atoms with Gasteiger partial charge in [-0.05, 0) is 57.7 Å². The molecule has 1 atom stereocenters. The maximum atomic E-state index is 12.0. The van der Waals surface area contributed by atoms with Gasteiger partial charge in [-0.15, -0.1) is 12.4 Å². The lowest BCUT2D eigenvalue weighted by atomic mass is 9.78. The normalized spacial score (nSPS) is 23.9. The van der Waals surface area contributed by atoms with Gasteiger partial charge in [0.05, 0.1) is 6.04 Å². The van der Waals surface area contributed by atoms with Crippen LogP contribution in [0.3, 0.4) is 0 Å². The van der Waals surface area contributed by atoms with E-state index in [-0.39, 0.29) is 24.4 Å². The van der Waals surface area contributed by atoms with E-state index in [2.05, 4.69) is 22.5 Å². The van der Waals surface area contributed by atoms with E-state index in [1.54, 1.807) is 0 Å². The molecule has 0 aliphatic carbocycles. The third-order valence-electron chi connectivity index (χ3n) is 4.61. The van der Waals surface area contributed by atoms with Crippen molar-refractivity contribution in [2.45, 2.75) is 45.6 Å². The molecule has 2 rings (SSSR count). The van der Waals surface area contributed by atoms with Crippen molar-refractivity contribution in [2.75, 3.05) is 32.7 Å². The third kappa shape index (κ3) is 4.07. The van der Waals surface area contributed by atoms with E-state index < -0.39 is 0 Å². The molecule has 1 spiro atoms. The van der Waals surface area contributed by atoms with E-state index in [1.807, 2.05) is 6.92 Å². The fourth-order valence-electron chi connectivity index (χ4n) is 3.23. The lowest BCUT2D eigenvalue weighted by Gasteiger charge is -2.34. The maximum Gasteiger partial charge on any atom is 0.237 e. The average molecular weight is 290 g/mol. The van der Waals surface area contributed by atoms with Crippen molar-refractivity contribution in [3.63, 3.8) is 0 Å². The maximum absolute atomic E-state index is 12.0. The number of piperidine rings is 1. The highest BCUT2D eigenvalue weighted by Gasteiger charge is 2.41. The second-order valence-corrected chi connectivity index (χ2v) is 5.94. The molecule has 0 bridgehead atoms. The number of carbonyl (C=O) groups is 1. The van der Waals surface area contributed by atoms with Crippen LogP contribution in [0.2, 0.25) is 0 Å². The molecule has 2 fully saturated rings. The molecule has 0 aromatic rings. The van der Waals surface area contributed by atoms with Crippen molar-refractivity contribution in [1.29, 1.82) is 0 Å². The summed E-state index contributed by atoms with van der Waals surface area (Å²) >= 11 is 0. The summed E-state index contributed by atoms with van der Waals surface area (Å²) in [5, 5.41) is 6.44. The Morgan fingerprint density at radius 1 is 1.37 bits per heavy atom. The van der Waals surface area contributed by atoms with Crippen molar-refractivity contribution in [1.82, 2.24) is 15.5 Å². The van der Waals surface area contributed by atoms with Gasteiger partial charge in [-0.25, -0.2) is 0 Å². The molecular weight excluding hydrogens is 262 g/mol. The van der Waals surface area contributed by atoms with Gasteiger partial charge in [0.1, 0.15) is 0 Å². The van der Waals surface area contributed by atoms with Gasteiger partial charge in [0.2, 0.25) is 5.91 Å². The third-order valence-corrected chi connectivity index (χ3v) is 4.61. The summed E-state index contributed by atoms with van der Waals surface area (Å²) in [5.74, 6) is 0.197. The summed E-state index contributed by atoms with van der Waals surface area (Å²) in [5.41, 5.74) is 0.491. The Labute approximate surface area is 123 Å². The first-order valence-corrected chi connectivity index (χ1v) is 7.39. The second-order valence-electron chi connectivity index (χ2n) is 5.94. The lowest BCUT2D eigenvalue weighted by molar-refractivity contribution is -0.125.